The van der Waals surface area contributed by atoms with Gasteiger partial charge in [0.05, 0.1) is 13.3 Å². The van der Waals surface area contributed by atoms with Gasteiger partial charge in [-0.15, -0.1) is 0 Å². The first kappa shape index (κ1) is 11.9. The third-order valence-corrected chi connectivity index (χ3v) is 7.14. The largest absolute Gasteiger partial charge is 0.393 e. The molecule has 0 aliphatic heterocycles. The van der Waals surface area contributed by atoms with E-state index in [1.165, 1.54) is 0 Å². The zero-order valence-electron chi connectivity index (χ0n) is 9.76. The van der Waals surface area contributed by atoms with Gasteiger partial charge in [-0.3, -0.25) is 4.79 Å². The Morgan fingerprint density at radius 2 is 1.93 bits per heavy atom. The van der Waals surface area contributed by atoms with Gasteiger partial charge in [-0.05, 0) is 19.8 Å². The van der Waals surface area contributed by atoms with E-state index in [4.69, 9.17) is 0 Å². The molecule has 1 fully saturated rings. The van der Waals surface area contributed by atoms with Crippen LogP contribution in [0.15, 0.2) is 0 Å². The van der Waals surface area contributed by atoms with Gasteiger partial charge in [-0.25, -0.2) is 0 Å². The SMILES string of the molecule is C[C@](O)([C@H]1CCCCC1=O)[Si](C)(C)C. The molecule has 0 spiro atoms. The predicted octanol–water partition coefficient (Wildman–Crippen LogP) is 2.37. The van der Waals surface area contributed by atoms with Crippen LogP contribution in [-0.2, 0) is 4.79 Å². The molecule has 0 bridgehead atoms. The van der Waals surface area contributed by atoms with Crippen molar-refractivity contribution in [2.24, 2.45) is 5.92 Å². The smallest absolute Gasteiger partial charge is 0.138 e. The maximum Gasteiger partial charge on any atom is 0.138 e. The van der Waals surface area contributed by atoms with E-state index in [0.717, 1.165) is 19.3 Å². The van der Waals surface area contributed by atoms with Crippen molar-refractivity contribution >= 4 is 13.9 Å². The third kappa shape index (κ3) is 2.09. The van der Waals surface area contributed by atoms with E-state index in [0.29, 0.717) is 6.42 Å². The van der Waals surface area contributed by atoms with Gasteiger partial charge in [0.2, 0.25) is 0 Å². The quantitative estimate of drug-likeness (QED) is 0.717. The zero-order chi connectivity index (χ0) is 11.0. The predicted molar refractivity (Wildman–Crippen MR) is 60.9 cm³/mol. The van der Waals surface area contributed by atoms with E-state index in [1.807, 2.05) is 6.92 Å². The normalized spacial score (nSPS) is 28.6. The second-order valence-corrected chi connectivity index (χ2v) is 11.2. The lowest BCUT2D eigenvalue weighted by Crippen LogP contribution is -2.57. The third-order valence-electron chi connectivity index (χ3n) is 3.75. The summed E-state index contributed by atoms with van der Waals surface area (Å²) in [7, 11) is -1.68. The summed E-state index contributed by atoms with van der Waals surface area (Å²) in [6, 6.07) is 0. The van der Waals surface area contributed by atoms with Crippen LogP contribution in [0.25, 0.3) is 0 Å². The minimum atomic E-state index is -1.68. The van der Waals surface area contributed by atoms with Crippen LogP contribution in [-0.4, -0.2) is 24.2 Å². The average molecular weight is 214 g/mol. The van der Waals surface area contributed by atoms with Crippen LogP contribution in [0.2, 0.25) is 19.6 Å². The van der Waals surface area contributed by atoms with Crippen molar-refractivity contribution in [2.75, 3.05) is 0 Å². The molecular formula is C11H22O2Si. The van der Waals surface area contributed by atoms with E-state index < -0.39 is 13.3 Å². The van der Waals surface area contributed by atoms with Crippen molar-refractivity contribution in [3.63, 3.8) is 0 Å². The van der Waals surface area contributed by atoms with E-state index >= 15 is 0 Å². The fourth-order valence-corrected chi connectivity index (χ4v) is 3.45. The van der Waals surface area contributed by atoms with Crippen molar-refractivity contribution in [3.8, 4) is 0 Å². The van der Waals surface area contributed by atoms with Crippen LogP contribution in [0, 0.1) is 5.92 Å². The summed E-state index contributed by atoms with van der Waals surface area (Å²) in [5, 5.41) is 9.76. The summed E-state index contributed by atoms with van der Waals surface area (Å²) in [6.07, 6.45) is 3.66. The summed E-state index contributed by atoms with van der Waals surface area (Å²) in [4.78, 5) is 11.7. The fraction of sp³-hybridized carbons (Fsp3) is 0.909. The Labute approximate surface area is 87.7 Å². The lowest BCUT2D eigenvalue weighted by atomic mass is 9.84. The molecule has 0 amide bonds. The Kier molecular flexibility index (Phi) is 3.22. The van der Waals surface area contributed by atoms with Crippen LogP contribution < -0.4 is 0 Å². The molecule has 82 valence electrons. The minimum absolute atomic E-state index is 0.0945. The fourth-order valence-electron chi connectivity index (χ4n) is 2.10. The van der Waals surface area contributed by atoms with Gasteiger partial charge in [0.1, 0.15) is 5.78 Å². The van der Waals surface area contributed by atoms with Crippen LogP contribution in [0.1, 0.15) is 32.6 Å². The van der Waals surface area contributed by atoms with E-state index in [1.54, 1.807) is 0 Å². The first-order chi connectivity index (χ1) is 6.27. The maximum atomic E-state index is 11.7. The highest BCUT2D eigenvalue weighted by Gasteiger charge is 2.47. The molecule has 1 rings (SSSR count). The highest BCUT2D eigenvalue weighted by molar-refractivity contribution is 6.79. The average Bonchev–Trinajstić information content (AvgIpc) is 2.02. The molecule has 1 saturated carbocycles. The number of hydrogen-bond donors (Lipinski definition) is 1. The molecule has 0 aromatic heterocycles. The summed E-state index contributed by atoms with van der Waals surface area (Å²) in [5.41, 5.74) is 0. The molecule has 0 heterocycles. The molecule has 0 unspecified atom stereocenters. The molecule has 2 nitrogen and oxygen atoms in total. The Morgan fingerprint density at radius 1 is 1.36 bits per heavy atom. The summed E-state index contributed by atoms with van der Waals surface area (Å²) in [6.45, 7) is 8.27. The van der Waals surface area contributed by atoms with Gasteiger partial charge < -0.3 is 5.11 Å². The number of rotatable bonds is 2. The first-order valence-electron chi connectivity index (χ1n) is 5.52. The zero-order valence-corrected chi connectivity index (χ0v) is 10.8. The lowest BCUT2D eigenvalue weighted by Gasteiger charge is -2.42. The molecular weight excluding hydrogens is 192 g/mol. The highest BCUT2D eigenvalue weighted by Crippen LogP contribution is 2.35. The van der Waals surface area contributed by atoms with Gasteiger partial charge in [0.25, 0.3) is 0 Å². The Balaban J connectivity index is 2.85. The van der Waals surface area contributed by atoms with E-state index in [9.17, 15) is 9.90 Å². The van der Waals surface area contributed by atoms with Gasteiger partial charge in [0.15, 0.2) is 0 Å². The number of Topliss-reactive ketones (excluding diaryl/α,β-unsaturated/α-hetero) is 1. The number of aliphatic hydroxyl groups is 1. The van der Waals surface area contributed by atoms with E-state index in [2.05, 4.69) is 19.6 Å². The minimum Gasteiger partial charge on any atom is -0.393 e. The van der Waals surface area contributed by atoms with E-state index in [-0.39, 0.29) is 11.7 Å². The Morgan fingerprint density at radius 3 is 2.36 bits per heavy atom. The van der Waals surface area contributed by atoms with Gasteiger partial charge in [-0.1, -0.05) is 26.1 Å². The van der Waals surface area contributed by atoms with Crippen LogP contribution in [0.4, 0.5) is 0 Å². The van der Waals surface area contributed by atoms with Crippen LogP contribution in [0.3, 0.4) is 0 Å². The highest BCUT2D eigenvalue weighted by atomic mass is 28.3. The van der Waals surface area contributed by atoms with Crippen LogP contribution >= 0.6 is 0 Å². The van der Waals surface area contributed by atoms with Crippen molar-refractivity contribution < 1.29 is 9.90 Å². The van der Waals surface area contributed by atoms with Crippen molar-refractivity contribution in [3.05, 3.63) is 0 Å². The molecule has 0 radical (unpaired) electrons. The molecule has 1 N–H and O–H groups in total. The maximum absolute atomic E-state index is 11.7. The number of hydrogen-bond acceptors (Lipinski definition) is 2. The summed E-state index contributed by atoms with van der Waals surface area (Å²) < 4.78 is 0. The summed E-state index contributed by atoms with van der Waals surface area (Å²) in [5.74, 6) is 0.187. The molecule has 14 heavy (non-hydrogen) atoms. The van der Waals surface area contributed by atoms with Gasteiger partial charge in [0, 0.05) is 12.3 Å². The summed E-state index contributed by atoms with van der Waals surface area (Å²) >= 11 is 0. The standard InChI is InChI=1S/C11H22O2Si/c1-11(13,14(2,3)4)9-7-5-6-8-10(9)12/h9,13H,5-8H2,1-4H3/t9-,11+/m0/s1. The lowest BCUT2D eigenvalue weighted by molar-refractivity contribution is -0.130. The molecule has 0 aromatic carbocycles. The number of ketones is 1. The second-order valence-electron chi connectivity index (χ2n) is 5.66. The second kappa shape index (κ2) is 3.78. The Hall–Kier alpha value is -0.153. The Bertz CT molecular complexity index is 228. The molecule has 2 atom stereocenters. The molecule has 3 heteroatoms. The van der Waals surface area contributed by atoms with Crippen molar-refractivity contribution in [1.29, 1.82) is 0 Å². The molecule has 1 aliphatic rings. The number of carbonyl (C=O) groups is 1. The monoisotopic (exact) mass is 214 g/mol. The molecule has 0 aromatic rings. The van der Waals surface area contributed by atoms with Crippen molar-refractivity contribution in [1.82, 2.24) is 0 Å². The van der Waals surface area contributed by atoms with Crippen LogP contribution in [0.5, 0.6) is 0 Å². The number of carbonyl (C=O) groups excluding carboxylic acids is 1. The first-order valence-corrected chi connectivity index (χ1v) is 9.02. The topological polar surface area (TPSA) is 37.3 Å². The molecule has 1 aliphatic carbocycles. The van der Waals surface area contributed by atoms with Crippen molar-refractivity contribution in [2.45, 2.75) is 57.5 Å². The van der Waals surface area contributed by atoms with Gasteiger partial charge in [-0.2, -0.15) is 0 Å². The van der Waals surface area contributed by atoms with Gasteiger partial charge >= 0.3 is 0 Å². The molecule has 0 saturated heterocycles.